The van der Waals surface area contributed by atoms with Crippen LogP contribution in [0.5, 0.6) is 5.88 Å². The van der Waals surface area contributed by atoms with Gasteiger partial charge in [0.15, 0.2) is 6.61 Å². The van der Waals surface area contributed by atoms with Crippen LogP contribution >= 0.6 is 0 Å². The topological polar surface area (TPSA) is 54.5 Å². The van der Waals surface area contributed by atoms with Crippen LogP contribution in [-0.4, -0.2) is 54.5 Å². The molecule has 25 heavy (non-hydrogen) atoms. The van der Waals surface area contributed by atoms with Crippen molar-refractivity contribution in [1.82, 2.24) is 15.2 Å². The van der Waals surface area contributed by atoms with E-state index in [0.29, 0.717) is 12.3 Å². The Labute approximate surface area is 146 Å². The van der Waals surface area contributed by atoms with Crippen molar-refractivity contribution in [3.05, 3.63) is 23.9 Å². The van der Waals surface area contributed by atoms with Gasteiger partial charge in [-0.05, 0) is 50.8 Å². The molecule has 0 aromatic carbocycles. The normalized spacial score (nSPS) is 24.8. The van der Waals surface area contributed by atoms with Gasteiger partial charge in [-0.1, -0.05) is 13.0 Å². The molecule has 0 bridgehead atoms. The summed E-state index contributed by atoms with van der Waals surface area (Å²) in [6.07, 6.45) is 4.23. The standard InChI is InChI=1S/C18H25F2N3O2/c1-12-10-23(2)9-7-15(12)22-17(24)18(19,20)11-25-16-14(13-5-6-13)4-3-8-21-16/h3-4,8,12-13,15H,5-7,9-11H2,1-2H3,(H,22,24)/t12-,15-/m0/s1. The summed E-state index contributed by atoms with van der Waals surface area (Å²) in [4.78, 5) is 18.2. The van der Waals surface area contributed by atoms with E-state index in [4.69, 9.17) is 4.74 Å². The van der Waals surface area contributed by atoms with E-state index in [1.165, 1.54) is 6.20 Å². The Morgan fingerprint density at radius 2 is 2.20 bits per heavy atom. The number of nitrogens with one attached hydrogen (secondary N) is 1. The third-order valence-electron chi connectivity index (χ3n) is 4.96. The third-order valence-corrected chi connectivity index (χ3v) is 4.96. The van der Waals surface area contributed by atoms with Crippen molar-refractivity contribution in [2.24, 2.45) is 5.92 Å². The first-order chi connectivity index (χ1) is 11.9. The van der Waals surface area contributed by atoms with Gasteiger partial charge < -0.3 is 15.0 Å². The monoisotopic (exact) mass is 353 g/mol. The highest BCUT2D eigenvalue weighted by Gasteiger charge is 2.42. The van der Waals surface area contributed by atoms with Crippen LogP contribution < -0.4 is 10.1 Å². The number of nitrogens with zero attached hydrogens (tertiary/aromatic N) is 2. The summed E-state index contributed by atoms with van der Waals surface area (Å²) >= 11 is 0. The molecular weight excluding hydrogens is 328 g/mol. The summed E-state index contributed by atoms with van der Waals surface area (Å²) < 4.78 is 33.7. The Bertz CT molecular complexity index is 622. The Morgan fingerprint density at radius 1 is 1.44 bits per heavy atom. The molecule has 2 heterocycles. The van der Waals surface area contributed by atoms with Crippen molar-refractivity contribution >= 4 is 5.91 Å². The average molecular weight is 353 g/mol. The number of carbonyl (C=O) groups is 1. The Kier molecular flexibility index (Phi) is 5.22. The van der Waals surface area contributed by atoms with Crippen LogP contribution in [0, 0.1) is 5.92 Å². The van der Waals surface area contributed by atoms with Gasteiger partial charge in [0.05, 0.1) is 0 Å². The number of piperidine rings is 1. The molecule has 1 N–H and O–H groups in total. The number of halogens is 2. The van der Waals surface area contributed by atoms with Gasteiger partial charge in [0, 0.05) is 24.3 Å². The minimum Gasteiger partial charge on any atom is -0.470 e. The number of alkyl halides is 2. The summed E-state index contributed by atoms with van der Waals surface area (Å²) in [6.45, 7) is 2.55. The molecule has 0 spiro atoms. The number of pyridine rings is 1. The lowest BCUT2D eigenvalue weighted by atomic mass is 9.94. The van der Waals surface area contributed by atoms with Crippen molar-refractivity contribution < 1.29 is 18.3 Å². The Balaban J connectivity index is 1.57. The molecule has 1 aliphatic heterocycles. The van der Waals surface area contributed by atoms with Crippen LogP contribution in [-0.2, 0) is 4.79 Å². The van der Waals surface area contributed by atoms with Crippen LogP contribution in [0.1, 0.15) is 37.7 Å². The molecule has 138 valence electrons. The van der Waals surface area contributed by atoms with Gasteiger partial charge in [-0.2, -0.15) is 8.78 Å². The van der Waals surface area contributed by atoms with Gasteiger partial charge >= 0.3 is 5.92 Å². The van der Waals surface area contributed by atoms with Gasteiger partial charge in [-0.3, -0.25) is 4.79 Å². The van der Waals surface area contributed by atoms with E-state index in [-0.39, 0.29) is 17.8 Å². The molecule has 1 aromatic heterocycles. The fraction of sp³-hybridized carbons (Fsp3) is 0.667. The molecule has 0 radical (unpaired) electrons. The van der Waals surface area contributed by atoms with Crippen LogP contribution in [0.2, 0.25) is 0 Å². The number of aromatic nitrogens is 1. The molecule has 2 aliphatic rings. The first-order valence-electron chi connectivity index (χ1n) is 8.82. The summed E-state index contributed by atoms with van der Waals surface area (Å²) in [5.41, 5.74) is 0.850. The lowest BCUT2D eigenvalue weighted by Crippen LogP contribution is -2.54. The smallest absolute Gasteiger partial charge is 0.357 e. The quantitative estimate of drug-likeness (QED) is 0.853. The number of hydrogen-bond donors (Lipinski definition) is 1. The van der Waals surface area contributed by atoms with E-state index in [1.807, 2.05) is 20.0 Å². The lowest BCUT2D eigenvalue weighted by molar-refractivity contribution is -0.151. The van der Waals surface area contributed by atoms with E-state index in [2.05, 4.69) is 15.2 Å². The second-order valence-corrected chi connectivity index (χ2v) is 7.27. The molecule has 1 amide bonds. The highest BCUT2D eigenvalue weighted by molar-refractivity contribution is 5.83. The zero-order valence-electron chi connectivity index (χ0n) is 14.7. The molecule has 3 rings (SSSR count). The maximum atomic E-state index is 14.2. The molecule has 0 unspecified atom stereocenters. The molecule has 1 saturated carbocycles. The van der Waals surface area contributed by atoms with E-state index in [0.717, 1.165) is 31.5 Å². The lowest BCUT2D eigenvalue weighted by Gasteiger charge is -2.35. The van der Waals surface area contributed by atoms with E-state index >= 15 is 0 Å². The molecule has 2 fully saturated rings. The molecular formula is C18H25F2N3O2. The zero-order valence-corrected chi connectivity index (χ0v) is 14.7. The van der Waals surface area contributed by atoms with Gasteiger partial charge in [-0.25, -0.2) is 4.98 Å². The van der Waals surface area contributed by atoms with Crippen molar-refractivity contribution in [2.75, 3.05) is 26.7 Å². The molecule has 1 saturated heterocycles. The van der Waals surface area contributed by atoms with Crippen molar-refractivity contribution in [3.8, 4) is 5.88 Å². The van der Waals surface area contributed by atoms with Crippen molar-refractivity contribution in [2.45, 2.75) is 44.1 Å². The van der Waals surface area contributed by atoms with Gasteiger partial charge in [0.1, 0.15) is 0 Å². The summed E-state index contributed by atoms with van der Waals surface area (Å²) in [5, 5.41) is 2.50. The number of ether oxygens (including phenoxy) is 1. The van der Waals surface area contributed by atoms with Crippen LogP contribution in [0.3, 0.4) is 0 Å². The van der Waals surface area contributed by atoms with Crippen molar-refractivity contribution in [1.29, 1.82) is 0 Å². The average Bonchev–Trinajstić information content (AvgIpc) is 3.40. The van der Waals surface area contributed by atoms with Crippen LogP contribution in [0.4, 0.5) is 8.78 Å². The molecule has 7 heteroatoms. The van der Waals surface area contributed by atoms with Crippen molar-refractivity contribution in [3.63, 3.8) is 0 Å². The maximum absolute atomic E-state index is 14.2. The predicted molar refractivity (Wildman–Crippen MR) is 89.9 cm³/mol. The summed E-state index contributed by atoms with van der Waals surface area (Å²) in [6, 6.07) is 3.39. The van der Waals surface area contributed by atoms with Gasteiger partial charge in [-0.15, -0.1) is 0 Å². The largest absolute Gasteiger partial charge is 0.470 e. The van der Waals surface area contributed by atoms with Gasteiger partial charge in [0.25, 0.3) is 5.91 Å². The second kappa shape index (κ2) is 7.23. The second-order valence-electron chi connectivity index (χ2n) is 7.27. The highest BCUT2D eigenvalue weighted by Crippen LogP contribution is 2.43. The van der Waals surface area contributed by atoms with E-state index in [1.54, 1.807) is 6.07 Å². The maximum Gasteiger partial charge on any atom is 0.357 e. The SMILES string of the molecule is C[C@H]1CN(C)CC[C@@H]1NC(=O)C(F)(F)COc1ncccc1C1CC1. The van der Waals surface area contributed by atoms with E-state index in [9.17, 15) is 13.6 Å². The number of amides is 1. The van der Waals surface area contributed by atoms with Crippen LogP contribution in [0.15, 0.2) is 18.3 Å². The Morgan fingerprint density at radius 3 is 2.88 bits per heavy atom. The third kappa shape index (κ3) is 4.45. The fourth-order valence-corrected chi connectivity index (χ4v) is 3.30. The summed E-state index contributed by atoms with van der Waals surface area (Å²) in [5.74, 6) is -4.16. The molecule has 5 nitrogen and oxygen atoms in total. The summed E-state index contributed by atoms with van der Waals surface area (Å²) in [7, 11) is 1.99. The van der Waals surface area contributed by atoms with Gasteiger partial charge in [0.2, 0.25) is 5.88 Å². The number of hydrogen-bond acceptors (Lipinski definition) is 4. The fourth-order valence-electron chi connectivity index (χ4n) is 3.30. The predicted octanol–water partition coefficient (Wildman–Crippen LogP) is 2.43. The molecule has 2 atom stereocenters. The highest BCUT2D eigenvalue weighted by atomic mass is 19.3. The van der Waals surface area contributed by atoms with Crippen LogP contribution in [0.25, 0.3) is 0 Å². The molecule has 1 aliphatic carbocycles. The van der Waals surface area contributed by atoms with E-state index < -0.39 is 18.4 Å². The number of rotatable bonds is 6. The first-order valence-corrected chi connectivity index (χ1v) is 8.82. The number of carbonyl (C=O) groups excluding carboxylic acids is 1. The minimum absolute atomic E-state index is 0.136. The zero-order chi connectivity index (χ0) is 18.0. The molecule has 1 aromatic rings. The Hall–Kier alpha value is -1.76. The minimum atomic E-state index is -3.58. The number of likely N-dealkylation sites (tertiary alicyclic amines) is 1. The first kappa shape index (κ1) is 18.0.